The highest BCUT2D eigenvalue weighted by atomic mass is 16.3. The molecule has 145 heavy (non-hydrogen) atoms. The second-order valence-corrected chi connectivity index (χ2v) is 31.8. The lowest BCUT2D eigenvalue weighted by Gasteiger charge is -2.20. The van der Waals surface area contributed by atoms with Crippen molar-refractivity contribution in [1.29, 1.82) is 0 Å². The van der Waals surface area contributed by atoms with Gasteiger partial charge in [0.2, 0.25) is 0 Å². The summed E-state index contributed by atoms with van der Waals surface area (Å²) in [5, 5.41) is -21.5. The average Bonchev–Trinajstić information content (AvgIpc) is 1.61. The van der Waals surface area contributed by atoms with Crippen LogP contribution in [0.1, 0.15) is 118 Å². The zero-order chi connectivity index (χ0) is 170. The van der Waals surface area contributed by atoms with Crippen LogP contribution in [0.4, 0.5) is 0 Å². The standard InChI is InChI=1S/C50H30O.2C46H28O/c1-2-15-33-30-47-45(29-32(33)14-1)50-44(25-12-26-46(50)51-47)49-41-22-9-7-20-39(41)48(40-21-8-10-23-42(40)49)43-28-27-38(36-18-5-6-19-37(36)43)35-24-11-16-31-13-3-4-17-34(31)35;1-2-11-29(12-3-1)32-21-22-34-26-35(24-23-33(34)25-32)44-36-15-6-8-17-38(36)45(39-18-9-7-16-37(39)44)40-19-10-20-42-46(40)41-27-30-13-4-5-14-31(30)28-43(41)47-42;1-2-13-29(14-3-1)40-27-33(25-32-17-6-7-18-34(32)40)44-35-19-8-10-21-37(35)45(38-22-11-9-20-36(38)44)39-23-12-24-42-46(39)41-26-30-15-4-5-16-31(30)28-43(41)47-42/h1-30H;2*1-28H/i1D,2D,3D,4D,5D,6D,7D,8D,9D,10D,11D,12D,13D,14D,15D,16D,17D,18D,19D,20D,21D,22D,23D,24D,25D,26D,27D,28D,29D,30D;2*1D,2D,3D,4D,5D,6D,7D,8D,9D,10D,11D,12D,13D,14D,15D,16D,17D,18D,19D,20D,21D,22D,23D,24D,25D,26D,27D,28D. The number of furan rings is 3. The zero-order valence-electron chi connectivity index (χ0n) is 158. The Morgan fingerprint density at radius 2 is 0.366 bits per heavy atom. The Balaban J connectivity index is 0.000000145. The largest absolute Gasteiger partial charge is 0.456 e. The molecule has 0 saturated heterocycles. The molecule has 0 spiro atoms. The van der Waals surface area contributed by atoms with Crippen LogP contribution in [0.2, 0.25) is 0 Å². The lowest BCUT2D eigenvalue weighted by atomic mass is 9.83. The van der Waals surface area contributed by atoms with Crippen molar-refractivity contribution >= 4 is 206 Å². The van der Waals surface area contributed by atoms with Crippen molar-refractivity contribution in [2.45, 2.75) is 0 Å². The Hall–Kier alpha value is -19.1. The maximum atomic E-state index is 9.99. The summed E-state index contributed by atoms with van der Waals surface area (Å²) in [6.45, 7) is 0. The van der Waals surface area contributed by atoms with Gasteiger partial charge < -0.3 is 13.3 Å². The summed E-state index contributed by atoms with van der Waals surface area (Å²) in [5.74, 6) is 0. The minimum Gasteiger partial charge on any atom is -0.456 e. The quantitative estimate of drug-likeness (QED) is 0.135. The molecular formula is C142H86O3. The van der Waals surface area contributed by atoms with E-state index in [4.69, 9.17) is 85.9 Å². The zero-order valence-corrected chi connectivity index (χ0v) is 72.2. The first kappa shape index (κ1) is 34.1. The second-order valence-electron chi connectivity index (χ2n) is 31.8. The van der Waals surface area contributed by atoms with Gasteiger partial charge in [-0.3, -0.25) is 0 Å². The number of benzene rings is 28. The van der Waals surface area contributed by atoms with Gasteiger partial charge in [0.05, 0.1) is 118 Å². The van der Waals surface area contributed by atoms with Crippen molar-refractivity contribution in [3.8, 4) is 100 Å². The summed E-state index contributed by atoms with van der Waals surface area (Å²) in [6.07, 6.45) is 0. The first-order chi connectivity index (χ1) is 108. The second kappa shape index (κ2) is 33.9. The molecule has 0 radical (unpaired) electrons. The van der Waals surface area contributed by atoms with E-state index in [0.717, 1.165) is 0 Å². The van der Waals surface area contributed by atoms with Gasteiger partial charge in [-0.25, -0.2) is 0 Å². The van der Waals surface area contributed by atoms with Gasteiger partial charge in [0.1, 0.15) is 33.5 Å². The maximum Gasteiger partial charge on any atom is 0.136 e. The van der Waals surface area contributed by atoms with Crippen molar-refractivity contribution in [2.24, 2.45) is 0 Å². The first-order valence-corrected chi connectivity index (χ1v) is 43.0. The number of hydrogen-bond donors (Lipinski definition) is 0. The summed E-state index contributed by atoms with van der Waals surface area (Å²) in [4.78, 5) is 0. The van der Waals surface area contributed by atoms with Crippen LogP contribution in [0.5, 0.6) is 0 Å². The Kier molecular flexibility index (Phi) is 7.98. The van der Waals surface area contributed by atoms with Gasteiger partial charge in [0.15, 0.2) is 0 Å². The van der Waals surface area contributed by atoms with E-state index in [1.807, 2.05) is 0 Å². The van der Waals surface area contributed by atoms with E-state index in [-0.39, 0.29) is 0 Å². The number of hydrogen-bond acceptors (Lipinski definition) is 3. The van der Waals surface area contributed by atoms with Crippen LogP contribution < -0.4 is 0 Å². The third kappa shape index (κ3) is 13.7. The van der Waals surface area contributed by atoms with E-state index in [1.165, 1.54) is 0 Å². The first-order valence-electron chi connectivity index (χ1n) is 86.0. The highest BCUT2D eigenvalue weighted by Gasteiger charge is 2.28. The van der Waals surface area contributed by atoms with Gasteiger partial charge >= 0.3 is 0 Å². The van der Waals surface area contributed by atoms with Crippen LogP contribution in [0.25, 0.3) is 306 Å². The van der Waals surface area contributed by atoms with Crippen LogP contribution in [-0.4, -0.2) is 0 Å². The Morgan fingerprint density at radius 3 is 0.772 bits per heavy atom. The molecule has 0 aliphatic heterocycles. The molecule has 672 valence electrons. The molecule has 0 unspecified atom stereocenters. The van der Waals surface area contributed by atoms with Gasteiger partial charge in [-0.1, -0.05) is 441 Å². The molecule has 3 nitrogen and oxygen atoms in total. The third-order valence-electron chi connectivity index (χ3n) is 24.1. The van der Waals surface area contributed by atoms with Crippen LogP contribution in [0.15, 0.2) is 533 Å². The molecule has 3 heteroatoms. The average molecular weight is 1930 g/mol. The molecule has 0 aliphatic carbocycles. The van der Waals surface area contributed by atoms with Crippen LogP contribution in [0, 0.1) is 0 Å². The monoisotopic (exact) mass is 1930 g/mol. The molecule has 0 N–H and O–H groups in total. The van der Waals surface area contributed by atoms with Gasteiger partial charge in [-0.2, -0.15) is 0 Å². The highest BCUT2D eigenvalue weighted by Crippen LogP contribution is 2.55. The fraction of sp³-hybridized carbons (Fsp3) is 0. The fourth-order valence-corrected chi connectivity index (χ4v) is 18.1. The van der Waals surface area contributed by atoms with E-state index in [9.17, 15) is 45.2 Å². The van der Waals surface area contributed by atoms with Gasteiger partial charge in [-0.15, -0.1) is 0 Å². The van der Waals surface area contributed by atoms with Crippen molar-refractivity contribution in [2.75, 3.05) is 0 Å². The topological polar surface area (TPSA) is 39.4 Å². The molecule has 3 heterocycles. The summed E-state index contributed by atoms with van der Waals surface area (Å²) in [5.41, 5.74) is -17.7. The summed E-state index contributed by atoms with van der Waals surface area (Å²) in [6, 6.07) is -80.9. The third-order valence-corrected chi connectivity index (χ3v) is 24.1. The minimum absolute atomic E-state index is 0.482. The predicted octanol–water partition coefficient (Wildman–Crippen LogP) is 40.8. The molecule has 0 bridgehead atoms. The molecule has 0 aliphatic rings. The molecule has 0 fully saturated rings. The number of fused-ring (bicyclic) bond motifs is 22. The van der Waals surface area contributed by atoms with Crippen molar-refractivity contribution in [3.05, 3.63) is 520 Å². The Labute approximate surface area is 955 Å². The van der Waals surface area contributed by atoms with Crippen molar-refractivity contribution in [1.82, 2.24) is 0 Å². The van der Waals surface area contributed by atoms with Crippen LogP contribution >= 0.6 is 0 Å². The van der Waals surface area contributed by atoms with E-state index in [2.05, 4.69) is 0 Å². The smallest absolute Gasteiger partial charge is 0.136 e. The van der Waals surface area contributed by atoms with E-state index in [1.54, 1.807) is 0 Å². The van der Waals surface area contributed by atoms with Crippen LogP contribution in [-0.2, 0) is 0 Å². The van der Waals surface area contributed by atoms with E-state index < -0.39 is 826 Å². The van der Waals surface area contributed by atoms with Gasteiger partial charge in [0.25, 0.3) is 0 Å². The molecular weight excluding hydrogens is 1750 g/mol. The summed E-state index contributed by atoms with van der Waals surface area (Å²) >= 11 is 0. The van der Waals surface area contributed by atoms with E-state index in [0.29, 0.717) is 0 Å². The normalized spacial score (nSPS) is 20.2. The molecule has 31 aromatic rings. The summed E-state index contributed by atoms with van der Waals surface area (Å²) < 4.78 is 797. The van der Waals surface area contributed by atoms with Crippen molar-refractivity contribution < 1.29 is 131 Å². The maximum absolute atomic E-state index is 9.99. The highest BCUT2D eigenvalue weighted by molar-refractivity contribution is 6.32. The molecule has 31 rings (SSSR count). The lowest BCUT2D eigenvalue weighted by Crippen LogP contribution is -1.93. The SMILES string of the molecule is [2H]c1c([2H])c(-c2c3c([2H])c([2H])c([2H])c([2H])c3c(-c3c([2H])c([2H])c(-c4c([2H])c([2H])c([2H])c5c([2H])c([2H])c([2H])c([2H])c45)c4c([2H])c([2H])c([2H])c([2H])c34)c3c([2H])c([2H])c([2H])c([2H])c23)c2c(oc3c([2H])c4c([2H])c([2H])c([2H])c([2H])c4c([2H])c32)c1[2H].[2H]c1c([2H])c([2H])c(-c2c([2H])c(-c3c4c([2H])c([2H])c([2H])c([2H])c4c(-c4c([2H])c([2H])c([2H])c5oc6c([2H])c7c([2H])c([2H])c([2H])c([2H])c7c([2H])c6c45)c4c([2H])c([2H])c([2H])c([2H])c34)c([2H])c3c([2H])c([2H])c([2H])c([2H])c23)c([2H])c1[2H].[2H]c1c([2H])c([2H])c(-c2c([2H])c([2H])c3c([2H])c(-c4c5c([2H])c([2H])c([2H])c([2H])c5c(-c5c([2H])c([2H])c([2H])c6oc7c([2H])c8c([2H])c([2H])c([2H])c([2H])c8c([2H])c7c56)c5c([2H])c([2H])c([2H])c([2H])c45)c([2H])c([2H])c3c2[2H])c([2H])c1[2H]. The fourth-order valence-electron chi connectivity index (χ4n) is 18.1. The number of rotatable bonds is 9. The lowest BCUT2D eigenvalue weighted by molar-refractivity contribution is 0.669. The molecule has 0 amide bonds. The van der Waals surface area contributed by atoms with Gasteiger partial charge in [-0.05, 0) is 319 Å². The predicted molar refractivity (Wildman–Crippen MR) is 618 cm³/mol. The Bertz CT molecular complexity index is 16300. The van der Waals surface area contributed by atoms with E-state index >= 15 is 0 Å². The van der Waals surface area contributed by atoms with Crippen molar-refractivity contribution in [3.63, 3.8) is 0 Å². The molecule has 3 aromatic heterocycles. The summed E-state index contributed by atoms with van der Waals surface area (Å²) in [7, 11) is 0. The molecule has 28 aromatic carbocycles. The van der Waals surface area contributed by atoms with Crippen LogP contribution in [0.3, 0.4) is 0 Å². The van der Waals surface area contributed by atoms with Gasteiger partial charge in [0, 0.05) is 32.3 Å². The molecule has 0 atom stereocenters. The minimum atomic E-state index is -1.15. The molecule has 0 saturated carbocycles. The Morgan fingerprint density at radius 1 is 0.110 bits per heavy atom.